The van der Waals surface area contributed by atoms with Crippen LogP contribution in [-0.2, 0) is 9.47 Å². The summed E-state index contributed by atoms with van der Waals surface area (Å²) in [5, 5.41) is 13.0. The van der Waals surface area contributed by atoms with E-state index in [-0.39, 0.29) is 0 Å². The number of hydrogen-bond acceptors (Lipinski definition) is 5. The lowest BCUT2D eigenvalue weighted by Crippen LogP contribution is -2.05. The first-order valence-electron chi connectivity index (χ1n) is 2.67. The summed E-state index contributed by atoms with van der Waals surface area (Å²) in [5.41, 5.74) is 0. The maximum Gasteiger partial charge on any atom is 0.230 e. The van der Waals surface area contributed by atoms with Gasteiger partial charge in [0.2, 0.25) is 12.1 Å². The van der Waals surface area contributed by atoms with Crippen molar-refractivity contribution in [1.29, 1.82) is 0 Å². The van der Waals surface area contributed by atoms with Gasteiger partial charge in [0.05, 0.1) is 0 Å². The van der Waals surface area contributed by atoms with Gasteiger partial charge >= 0.3 is 0 Å². The second kappa shape index (κ2) is 3.23. The molecule has 10 heavy (non-hydrogen) atoms. The molecule has 56 valence electrons. The molecule has 0 aliphatic heterocycles. The number of nitrogens with one attached hydrogen (secondary N) is 1. The van der Waals surface area contributed by atoms with Crippen molar-refractivity contribution in [1.82, 2.24) is 20.6 Å². The Labute approximate surface area is 57.5 Å². The maximum atomic E-state index is 4.84. The first-order chi connectivity index (χ1) is 4.88. The van der Waals surface area contributed by atoms with Gasteiger partial charge in [-0.1, -0.05) is 0 Å². The molecule has 1 aromatic heterocycles. The Hall–Kier alpha value is -1.01. The fourth-order valence-electron chi connectivity index (χ4n) is 0.576. The Bertz CT molecular complexity index is 171. The van der Waals surface area contributed by atoms with Crippen molar-refractivity contribution < 1.29 is 9.47 Å². The van der Waals surface area contributed by atoms with Crippen molar-refractivity contribution in [3.63, 3.8) is 0 Å². The van der Waals surface area contributed by atoms with E-state index in [1.54, 1.807) is 0 Å². The molecule has 1 aromatic rings. The van der Waals surface area contributed by atoms with E-state index in [0.717, 1.165) is 0 Å². The van der Waals surface area contributed by atoms with Crippen LogP contribution in [0.15, 0.2) is 0 Å². The third-order valence-electron chi connectivity index (χ3n) is 1.00. The van der Waals surface area contributed by atoms with Crippen molar-refractivity contribution in [2.24, 2.45) is 0 Å². The number of methoxy groups -OCH3 is 2. The van der Waals surface area contributed by atoms with Crippen molar-refractivity contribution in [3.05, 3.63) is 5.82 Å². The Morgan fingerprint density at radius 2 is 2.10 bits per heavy atom. The first-order valence-corrected chi connectivity index (χ1v) is 2.67. The highest BCUT2D eigenvalue weighted by Gasteiger charge is 2.12. The minimum Gasteiger partial charge on any atom is -0.349 e. The molecular formula is C4H8N4O2. The second-order valence-electron chi connectivity index (χ2n) is 1.57. The van der Waals surface area contributed by atoms with E-state index in [1.807, 2.05) is 0 Å². The van der Waals surface area contributed by atoms with Gasteiger partial charge in [-0.15, -0.1) is 10.2 Å². The molecule has 6 heteroatoms. The summed E-state index contributed by atoms with van der Waals surface area (Å²) in [4.78, 5) is 0. The van der Waals surface area contributed by atoms with Gasteiger partial charge < -0.3 is 9.47 Å². The molecule has 6 nitrogen and oxygen atoms in total. The van der Waals surface area contributed by atoms with Crippen molar-refractivity contribution in [3.8, 4) is 0 Å². The van der Waals surface area contributed by atoms with Crippen LogP contribution in [0.5, 0.6) is 0 Å². The van der Waals surface area contributed by atoms with Crippen molar-refractivity contribution in [2.45, 2.75) is 6.29 Å². The SMILES string of the molecule is COC(OC)c1nn[nH]n1. The lowest BCUT2D eigenvalue weighted by atomic mass is 10.6. The monoisotopic (exact) mass is 144 g/mol. The van der Waals surface area contributed by atoms with Crippen LogP contribution in [0, 0.1) is 0 Å². The molecule has 0 aliphatic rings. The van der Waals surface area contributed by atoms with Crippen LogP contribution >= 0.6 is 0 Å². The van der Waals surface area contributed by atoms with Crippen LogP contribution in [0.3, 0.4) is 0 Å². The molecule has 1 heterocycles. The molecule has 0 spiro atoms. The van der Waals surface area contributed by atoms with Gasteiger partial charge in [-0.05, 0) is 5.21 Å². The number of hydrogen-bond donors (Lipinski definition) is 1. The van der Waals surface area contributed by atoms with Crippen molar-refractivity contribution in [2.75, 3.05) is 14.2 Å². The van der Waals surface area contributed by atoms with E-state index < -0.39 is 6.29 Å². The number of ether oxygens (including phenoxy) is 2. The summed E-state index contributed by atoms with van der Waals surface area (Å²) in [6.07, 6.45) is -0.529. The third kappa shape index (κ3) is 1.28. The molecular weight excluding hydrogens is 136 g/mol. The summed E-state index contributed by atoms with van der Waals surface area (Å²) in [7, 11) is 3.01. The zero-order chi connectivity index (χ0) is 7.40. The largest absolute Gasteiger partial charge is 0.349 e. The minimum absolute atomic E-state index is 0.394. The molecule has 0 saturated heterocycles. The predicted molar refractivity (Wildman–Crippen MR) is 30.9 cm³/mol. The fraction of sp³-hybridized carbons (Fsp3) is 0.750. The lowest BCUT2D eigenvalue weighted by molar-refractivity contribution is -0.111. The quantitative estimate of drug-likeness (QED) is 0.578. The number of H-pyrrole nitrogens is 1. The number of rotatable bonds is 3. The smallest absolute Gasteiger partial charge is 0.230 e. The number of tetrazole rings is 1. The molecule has 1 N–H and O–H groups in total. The van der Waals surface area contributed by atoms with Crippen LogP contribution < -0.4 is 0 Å². The zero-order valence-corrected chi connectivity index (χ0v) is 5.74. The lowest BCUT2D eigenvalue weighted by Gasteiger charge is -2.06. The minimum atomic E-state index is -0.529. The highest BCUT2D eigenvalue weighted by atomic mass is 16.7. The van der Waals surface area contributed by atoms with Crippen LogP contribution in [0.2, 0.25) is 0 Å². The standard InChI is InChI=1S/C4H8N4O2/c1-9-4(10-2)3-5-7-8-6-3/h4H,1-2H3,(H,5,6,7,8). The zero-order valence-electron chi connectivity index (χ0n) is 5.74. The van der Waals surface area contributed by atoms with Crippen LogP contribution in [0.25, 0.3) is 0 Å². The van der Waals surface area contributed by atoms with Crippen molar-refractivity contribution >= 4 is 0 Å². The summed E-state index contributed by atoms with van der Waals surface area (Å²) in [6.45, 7) is 0. The first kappa shape index (κ1) is 7.10. The van der Waals surface area contributed by atoms with Gasteiger partial charge in [0.15, 0.2) is 0 Å². The molecule has 0 bridgehead atoms. The maximum absolute atomic E-state index is 4.84. The Morgan fingerprint density at radius 3 is 2.50 bits per heavy atom. The van der Waals surface area contributed by atoms with Gasteiger partial charge in [0.25, 0.3) is 0 Å². The summed E-state index contributed by atoms with van der Waals surface area (Å²) in [6, 6.07) is 0. The molecule has 0 unspecified atom stereocenters. The van der Waals surface area contributed by atoms with Gasteiger partial charge in [-0.2, -0.15) is 5.21 Å². The average molecular weight is 144 g/mol. The van der Waals surface area contributed by atoms with Gasteiger partial charge in [0, 0.05) is 14.2 Å². The topological polar surface area (TPSA) is 72.9 Å². The summed E-state index contributed by atoms with van der Waals surface area (Å²) >= 11 is 0. The van der Waals surface area contributed by atoms with E-state index in [4.69, 9.17) is 9.47 Å². The molecule has 0 aromatic carbocycles. The van der Waals surface area contributed by atoms with E-state index in [0.29, 0.717) is 5.82 Å². The summed E-state index contributed by atoms with van der Waals surface area (Å²) in [5.74, 6) is 0.394. The molecule has 0 aliphatic carbocycles. The fourth-order valence-corrected chi connectivity index (χ4v) is 0.576. The van der Waals surface area contributed by atoms with E-state index in [1.165, 1.54) is 14.2 Å². The van der Waals surface area contributed by atoms with Gasteiger partial charge in [-0.3, -0.25) is 0 Å². The Kier molecular flexibility index (Phi) is 2.30. The van der Waals surface area contributed by atoms with Gasteiger partial charge in [0.1, 0.15) is 0 Å². The Balaban J connectivity index is 2.64. The Morgan fingerprint density at radius 1 is 1.40 bits per heavy atom. The summed E-state index contributed by atoms with van der Waals surface area (Å²) < 4.78 is 9.67. The van der Waals surface area contributed by atoms with E-state index in [2.05, 4.69) is 20.6 Å². The number of nitrogens with zero attached hydrogens (tertiary/aromatic N) is 3. The van der Waals surface area contributed by atoms with Gasteiger partial charge in [-0.25, -0.2) is 0 Å². The predicted octanol–water partition coefficient (Wildman–Crippen LogP) is -0.509. The molecule has 0 saturated carbocycles. The molecule has 0 atom stereocenters. The van der Waals surface area contributed by atoms with Crippen LogP contribution in [0.4, 0.5) is 0 Å². The van der Waals surface area contributed by atoms with E-state index in [9.17, 15) is 0 Å². The highest BCUT2D eigenvalue weighted by Crippen LogP contribution is 2.08. The van der Waals surface area contributed by atoms with Crippen LogP contribution in [-0.4, -0.2) is 34.8 Å². The molecule has 0 amide bonds. The van der Waals surface area contributed by atoms with Crippen LogP contribution in [0.1, 0.15) is 12.1 Å². The number of aromatic amines is 1. The highest BCUT2D eigenvalue weighted by molar-refractivity contribution is 4.77. The molecule has 1 rings (SSSR count). The third-order valence-corrected chi connectivity index (χ3v) is 1.00. The molecule has 0 fully saturated rings. The second-order valence-corrected chi connectivity index (χ2v) is 1.57. The average Bonchev–Trinajstić information content (AvgIpc) is 2.43. The molecule has 0 radical (unpaired) electrons. The normalized spacial score (nSPS) is 10.7. The number of aromatic nitrogens is 4. The van der Waals surface area contributed by atoms with E-state index >= 15 is 0 Å².